The van der Waals surface area contributed by atoms with E-state index in [0.29, 0.717) is 31.1 Å². The molecule has 6 nitrogen and oxygen atoms in total. The van der Waals surface area contributed by atoms with E-state index in [1.165, 1.54) is 12.1 Å². The molecule has 5 fully saturated rings. The molecule has 9 heteroatoms. The first-order chi connectivity index (χ1) is 15.0. The lowest BCUT2D eigenvalue weighted by Gasteiger charge is -2.61. The van der Waals surface area contributed by atoms with Crippen molar-refractivity contribution in [2.75, 3.05) is 0 Å². The lowest BCUT2D eigenvalue weighted by Crippen LogP contribution is -2.62. The van der Waals surface area contributed by atoms with Crippen molar-refractivity contribution in [1.82, 2.24) is 4.72 Å². The topological polar surface area (TPSA) is 106 Å². The largest absolute Gasteiger partial charge is 0.369 e. The van der Waals surface area contributed by atoms with Gasteiger partial charge in [0.2, 0.25) is 15.9 Å². The number of halogens is 2. The highest BCUT2D eigenvalue weighted by atomic mass is 35.5. The fourth-order valence-corrected chi connectivity index (χ4v) is 9.21. The molecule has 1 amide bonds. The van der Waals surface area contributed by atoms with Gasteiger partial charge in [0.25, 0.3) is 0 Å². The molecule has 5 aliphatic rings. The normalized spacial score (nSPS) is 34.8. The molecule has 0 radical (unpaired) electrons. The Hall–Kier alpha value is -1.51. The van der Waals surface area contributed by atoms with Crippen LogP contribution >= 0.6 is 11.6 Å². The predicted molar refractivity (Wildman–Crippen MR) is 117 cm³/mol. The molecule has 1 aromatic rings. The van der Waals surface area contributed by atoms with E-state index in [4.69, 9.17) is 17.3 Å². The molecule has 174 valence electrons. The molecule has 1 aromatic carbocycles. The van der Waals surface area contributed by atoms with Gasteiger partial charge in [-0.3, -0.25) is 9.59 Å². The smallest absolute Gasteiger partial charge is 0.244 e. The molecular formula is C23H28ClFN2O4S. The van der Waals surface area contributed by atoms with Crippen molar-refractivity contribution in [2.24, 2.45) is 28.4 Å². The molecule has 5 aliphatic carbocycles. The van der Waals surface area contributed by atoms with Crippen LogP contribution in [0.1, 0.15) is 64.2 Å². The zero-order valence-corrected chi connectivity index (χ0v) is 19.4. The number of carbonyl (C=O) groups is 2. The minimum atomic E-state index is -4.27. The van der Waals surface area contributed by atoms with Crippen molar-refractivity contribution in [1.29, 1.82) is 0 Å². The number of sulfonamides is 1. The van der Waals surface area contributed by atoms with Gasteiger partial charge >= 0.3 is 0 Å². The summed E-state index contributed by atoms with van der Waals surface area (Å²) in [5.74, 6) is -0.652. The lowest BCUT2D eigenvalue weighted by atomic mass is 9.43. The Morgan fingerprint density at radius 3 is 2.38 bits per heavy atom. The van der Waals surface area contributed by atoms with Crippen LogP contribution in [0, 0.1) is 28.5 Å². The maximum Gasteiger partial charge on any atom is 0.244 e. The van der Waals surface area contributed by atoms with E-state index in [2.05, 4.69) is 4.72 Å². The van der Waals surface area contributed by atoms with Crippen molar-refractivity contribution in [3.05, 3.63) is 29.0 Å². The average molecular weight is 483 g/mol. The van der Waals surface area contributed by atoms with Crippen LogP contribution in [0.2, 0.25) is 5.02 Å². The summed E-state index contributed by atoms with van der Waals surface area (Å²) in [4.78, 5) is 25.4. The van der Waals surface area contributed by atoms with E-state index in [-0.39, 0.29) is 28.5 Å². The first-order valence-electron chi connectivity index (χ1n) is 11.3. The number of ketones is 1. The van der Waals surface area contributed by atoms with Crippen LogP contribution in [0.5, 0.6) is 0 Å². The Morgan fingerprint density at radius 2 is 1.81 bits per heavy atom. The van der Waals surface area contributed by atoms with E-state index < -0.39 is 31.7 Å². The number of hydrogen-bond acceptors (Lipinski definition) is 4. The highest BCUT2D eigenvalue weighted by Crippen LogP contribution is 2.66. The standard InChI is InChI=1S/C23H28ClFN2O4S/c24-16-3-1-4-17(19(16)25)32(30,31)27-23(5-2-6-23)18(28)12-21-8-14-7-15(9-21)11-22(10-14,13-21)20(26)29/h1,3-4,14-15,27H,2,5-13H2,(H2,26,29). The van der Waals surface area contributed by atoms with Gasteiger partial charge < -0.3 is 5.73 Å². The van der Waals surface area contributed by atoms with Crippen LogP contribution in [0.25, 0.3) is 0 Å². The Bertz CT molecular complexity index is 1090. The number of nitrogens with one attached hydrogen (secondary N) is 1. The van der Waals surface area contributed by atoms with Gasteiger partial charge in [0.05, 0.1) is 16.0 Å². The van der Waals surface area contributed by atoms with Crippen LogP contribution in [0.4, 0.5) is 4.39 Å². The lowest BCUT2D eigenvalue weighted by molar-refractivity contribution is -0.159. The van der Waals surface area contributed by atoms with Gasteiger partial charge in [0.1, 0.15) is 4.90 Å². The quantitative estimate of drug-likeness (QED) is 0.617. The molecule has 32 heavy (non-hydrogen) atoms. The molecule has 6 rings (SSSR count). The van der Waals surface area contributed by atoms with Gasteiger partial charge in [-0.15, -0.1) is 0 Å². The van der Waals surface area contributed by atoms with Crippen LogP contribution in [-0.2, 0) is 19.6 Å². The zero-order chi connectivity index (χ0) is 22.9. The van der Waals surface area contributed by atoms with Crippen LogP contribution in [-0.4, -0.2) is 25.6 Å². The van der Waals surface area contributed by atoms with E-state index in [9.17, 15) is 22.4 Å². The average Bonchev–Trinajstić information content (AvgIpc) is 2.65. The second-order valence-electron chi connectivity index (χ2n) is 10.8. The number of benzene rings is 1. The summed E-state index contributed by atoms with van der Waals surface area (Å²) < 4.78 is 43.0. The van der Waals surface area contributed by atoms with E-state index in [1.807, 2.05) is 0 Å². The second kappa shape index (κ2) is 7.24. The SMILES string of the molecule is NC(=O)C12CC3CC(CC(CC(=O)C4(NS(=O)(=O)c5cccc(Cl)c5F)CCC4)(C3)C1)C2. The van der Waals surface area contributed by atoms with Crippen molar-refractivity contribution in [3.8, 4) is 0 Å². The molecule has 0 aromatic heterocycles. The molecule has 5 saturated carbocycles. The zero-order valence-electron chi connectivity index (χ0n) is 17.8. The molecule has 0 spiro atoms. The van der Waals surface area contributed by atoms with Crippen LogP contribution in [0.15, 0.2) is 23.1 Å². The maximum absolute atomic E-state index is 14.4. The van der Waals surface area contributed by atoms with Crippen molar-refractivity contribution in [3.63, 3.8) is 0 Å². The summed E-state index contributed by atoms with van der Waals surface area (Å²) in [5, 5.41) is -0.285. The first kappa shape index (κ1) is 22.3. The predicted octanol–water partition coefficient (Wildman–Crippen LogP) is 3.71. The Labute approximate surface area is 192 Å². The number of amides is 1. The highest BCUT2D eigenvalue weighted by Gasteiger charge is 2.61. The number of primary amides is 1. The molecule has 0 saturated heterocycles. The third-order valence-electron chi connectivity index (χ3n) is 8.52. The first-order valence-corrected chi connectivity index (χ1v) is 13.2. The summed E-state index contributed by atoms with van der Waals surface area (Å²) in [6.45, 7) is 0. The summed E-state index contributed by atoms with van der Waals surface area (Å²) in [7, 11) is -4.27. The van der Waals surface area contributed by atoms with Gasteiger partial charge in [0.15, 0.2) is 11.6 Å². The number of hydrogen-bond donors (Lipinski definition) is 2. The Kier molecular flexibility index (Phi) is 5.04. The monoisotopic (exact) mass is 482 g/mol. The Balaban J connectivity index is 1.40. The van der Waals surface area contributed by atoms with Crippen molar-refractivity contribution < 1.29 is 22.4 Å². The number of carbonyl (C=O) groups excluding carboxylic acids is 2. The molecular weight excluding hydrogens is 455 g/mol. The fourth-order valence-electron chi connectivity index (χ4n) is 7.43. The van der Waals surface area contributed by atoms with Crippen LogP contribution in [0.3, 0.4) is 0 Å². The van der Waals surface area contributed by atoms with E-state index >= 15 is 0 Å². The third kappa shape index (κ3) is 3.41. The van der Waals surface area contributed by atoms with E-state index in [1.54, 1.807) is 0 Å². The van der Waals surface area contributed by atoms with Gasteiger partial charge in [-0.1, -0.05) is 17.7 Å². The molecule has 4 bridgehead atoms. The summed E-state index contributed by atoms with van der Waals surface area (Å²) in [6, 6.07) is 3.80. The van der Waals surface area contributed by atoms with Crippen LogP contribution < -0.4 is 10.5 Å². The van der Waals surface area contributed by atoms with Gasteiger partial charge in [-0.2, -0.15) is 4.72 Å². The Morgan fingerprint density at radius 1 is 1.16 bits per heavy atom. The number of Topliss-reactive ketones (excluding diaryl/α,β-unsaturated/α-hetero) is 1. The van der Waals surface area contributed by atoms with E-state index in [0.717, 1.165) is 44.6 Å². The van der Waals surface area contributed by atoms with Gasteiger partial charge in [-0.25, -0.2) is 12.8 Å². The maximum atomic E-state index is 14.4. The summed E-state index contributed by atoms with van der Waals surface area (Å²) in [6.07, 6.45) is 6.80. The number of nitrogens with two attached hydrogens (primary N) is 1. The minimum Gasteiger partial charge on any atom is -0.369 e. The second-order valence-corrected chi connectivity index (χ2v) is 12.9. The minimum absolute atomic E-state index is 0.156. The summed E-state index contributed by atoms with van der Waals surface area (Å²) >= 11 is 5.77. The highest BCUT2D eigenvalue weighted by molar-refractivity contribution is 7.89. The molecule has 3 N–H and O–H groups in total. The third-order valence-corrected chi connectivity index (χ3v) is 10.4. The fraction of sp³-hybridized carbons (Fsp3) is 0.652. The van der Waals surface area contributed by atoms with Crippen molar-refractivity contribution >= 4 is 33.3 Å². The number of rotatable bonds is 7. The summed E-state index contributed by atoms with van der Waals surface area (Å²) in [5.41, 5.74) is 3.76. The van der Waals surface area contributed by atoms with Gasteiger partial charge in [0, 0.05) is 6.42 Å². The molecule has 0 aliphatic heterocycles. The van der Waals surface area contributed by atoms with Gasteiger partial charge in [-0.05, 0) is 87.2 Å². The molecule has 2 atom stereocenters. The molecule has 2 unspecified atom stereocenters. The van der Waals surface area contributed by atoms with Crippen molar-refractivity contribution in [2.45, 2.75) is 74.6 Å². The molecule has 0 heterocycles.